The third-order valence-electron chi connectivity index (χ3n) is 9.80. The summed E-state index contributed by atoms with van der Waals surface area (Å²) in [5, 5.41) is 9.32. The molecule has 0 saturated carbocycles. The van der Waals surface area contributed by atoms with E-state index in [1.54, 1.807) is 0 Å². The second-order valence-electron chi connectivity index (χ2n) is 12.8. The van der Waals surface area contributed by atoms with Crippen LogP contribution < -0.4 is 5.32 Å². The first-order valence-corrected chi connectivity index (χ1v) is 17.1. The zero-order valence-electron chi connectivity index (χ0n) is 27.5. The molecule has 0 fully saturated rings. The van der Waals surface area contributed by atoms with Crippen LogP contribution in [0.15, 0.2) is 174 Å². The van der Waals surface area contributed by atoms with Crippen LogP contribution in [0.3, 0.4) is 0 Å². The normalized spacial score (nSPS) is 14.0. The Morgan fingerprint density at radius 3 is 1.67 bits per heavy atom. The van der Waals surface area contributed by atoms with Crippen LogP contribution in [0.25, 0.3) is 72.3 Å². The Hall–Kier alpha value is -6.85. The number of aromatic nitrogens is 3. The molecule has 0 saturated heterocycles. The fourth-order valence-electron chi connectivity index (χ4n) is 7.36. The molecule has 5 nitrogen and oxygen atoms in total. The van der Waals surface area contributed by atoms with E-state index >= 15 is 0 Å². The summed E-state index contributed by atoms with van der Waals surface area (Å²) in [4.78, 5) is 15.1. The lowest BCUT2D eigenvalue weighted by Crippen LogP contribution is -2.22. The lowest BCUT2D eigenvalue weighted by molar-refractivity contribution is 0.494. The lowest BCUT2D eigenvalue weighted by Gasteiger charge is -2.25. The Bertz CT molecular complexity index is 2710. The summed E-state index contributed by atoms with van der Waals surface area (Å²) in [6, 6.07) is 56.4. The van der Waals surface area contributed by atoms with Crippen LogP contribution in [0.2, 0.25) is 0 Å². The van der Waals surface area contributed by atoms with E-state index < -0.39 is 0 Å². The Balaban J connectivity index is 1.18. The van der Waals surface area contributed by atoms with Crippen molar-refractivity contribution in [3.63, 3.8) is 0 Å². The summed E-state index contributed by atoms with van der Waals surface area (Å²) in [5.41, 5.74) is 8.15. The minimum absolute atomic E-state index is 0.121. The summed E-state index contributed by atoms with van der Waals surface area (Å²) in [6.07, 6.45) is 2.16. The summed E-state index contributed by atoms with van der Waals surface area (Å²) >= 11 is 0. The van der Waals surface area contributed by atoms with Crippen LogP contribution in [0.4, 0.5) is 0 Å². The first-order valence-electron chi connectivity index (χ1n) is 17.1. The zero-order valence-corrected chi connectivity index (χ0v) is 27.5. The second kappa shape index (κ2) is 11.9. The van der Waals surface area contributed by atoms with Crippen LogP contribution in [-0.2, 0) is 0 Å². The largest absolute Gasteiger partial charge is 0.458 e. The van der Waals surface area contributed by atoms with Gasteiger partial charge in [-0.2, -0.15) is 0 Å². The highest BCUT2D eigenvalue weighted by Gasteiger charge is 2.31. The van der Waals surface area contributed by atoms with Crippen molar-refractivity contribution in [2.45, 2.75) is 6.04 Å². The number of rotatable bonds is 5. The summed E-state index contributed by atoms with van der Waals surface area (Å²) in [7, 11) is 0. The number of hydrogen-bond acceptors (Lipinski definition) is 5. The Morgan fingerprint density at radius 2 is 1.00 bits per heavy atom. The van der Waals surface area contributed by atoms with Crippen molar-refractivity contribution in [3.8, 4) is 34.2 Å². The van der Waals surface area contributed by atoms with Gasteiger partial charge in [0.05, 0.1) is 0 Å². The van der Waals surface area contributed by atoms with Crippen molar-refractivity contribution >= 4 is 38.1 Å². The zero-order chi connectivity index (χ0) is 33.7. The first-order chi connectivity index (χ1) is 25.3. The van der Waals surface area contributed by atoms with Gasteiger partial charge in [-0.05, 0) is 50.9 Å². The monoisotopic (exact) mass is 654 g/mol. The van der Waals surface area contributed by atoms with Crippen molar-refractivity contribution in [1.29, 1.82) is 0 Å². The molecule has 1 unspecified atom stereocenters. The van der Waals surface area contributed by atoms with Gasteiger partial charge >= 0.3 is 0 Å². The SMILES string of the molecule is C1=C(c2ccc(-c3nc(-c4ccccc4)nc(-c4ccccc4)n3)c3ccccc23)c2c(oc3cc4ccccc4cc23)C(c2ccccc2)N1. The van der Waals surface area contributed by atoms with Gasteiger partial charge in [0.25, 0.3) is 0 Å². The van der Waals surface area contributed by atoms with E-state index in [0.717, 1.165) is 71.8 Å². The number of fused-ring (bicyclic) bond motifs is 5. The average Bonchev–Trinajstić information content (AvgIpc) is 3.58. The van der Waals surface area contributed by atoms with Gasteiger partial charge in [-0.3, -0.25) is 0 Å². The molecule has 1 N–H and O–H groups in total. The second-order valence-corrected chi connectivity index (χ2v) is 12.8. The van der Waals surface area contributed by atoms with E-state index in [2.05, 4.69) is 109 Å². The molecule has 0 bridgehead atoms. The molecule has 1 aliphatic rings. The van der Waals surface area contributed by atoms with Crippen molar-refractivity contribution in [1.82, 2.24) is 20.3 Å². The lowest BCUT2D eigenvalue weighted by atomic mass is 9.86. The molecular weight excluding hydrogens is 625 g/mol. The average molecular weight is 655 g/mol. The van der Waals surface area contributed by atoms with E-state index in [0.29, 0.717) is 17.5 Å². The fourth-order valence-corrected chi connectivity index (χ4v) is 7.36. The van der Waals surface area contributed by atoms with E-state index in [4.69, 9.17) is 19.4 Å². The molecule has 1 aliphatic heterocycles. The highest BCUT2D eigenvalue weighted by Crippen LogP contribution is 2.45. The molecule has 1 atom stereocenters. The Labute approximate surface area is 294 Å². The molecule has 0 aliphatic carbocycles. The van der Waals surface area contributed by atoms with E-state index in [1.165, 1.54) is 5.39 Å². The molecule has 2 aromatic heterocycles. The summed E-state index contributed by atoms with van der Waals surface area (Å²) < 4.78 is 6.80. The van der Waals surface area contributed by atoms with Gasteiger partial charge in [0.1, 0.15) is 17.4 Å². The van der Waals surface area contributed by atoms with Crippen LogP contribution in [0.1, 0.15) is 28.5 Å². The van der Waals surface area contributed by atoms with Crippen molar-refractivity contribution in [3.05, 3.63) is 192 Å². The minimum atomic E-state index is -0.121. The van der Waals surface area contributed by atoms with Crippen LogP contribution >= 0.6 is 0 Å². The van der Waals surface area contributed by atoms with Crippen LogP contribution in [0, 0.1) is 0 Å². The van der Waals surface area contributed by atoms with Crippen molar-refractivity contribution in [2.75, 3.05) is 0 Å². The van der Waals surface area contributed by atoms with Gasteiger partial charge in [0, 0.05) is 39.4 Å². The minimum Gasteiger partial charge on any atom is -0.458 e. The van der Waals surface area contributed by atoms with E-state index in [-0.39, 0.29) is 6.04 Å². The predicted molar refractivity (Wildman–Crippen MR) is 206 cm³/mol. The number of hydrogen-bond donors (Lipinski definition) is 1. The van der Waals surface area contributed by atoms with Gasteiger partial charge in [0.15, 0.2) is 17.5 Å². The molecule has 51 heavy (non-hydrogen) atoms. The fraction of sp³-hybridized carbons (Fsp3) is 0.0217. The van der Waals surface area contributed by atoms with Crippen LogP contribution in [0.5, 0.6) is 0 Å². The maximum atomic E-state index is 6.80. The quantitative estimate of drug-likeness (QED) is 0.200. The molecule has 9 aromatic rings. The molecular formula is C46H30N4O. The van der Waals surface area contributed by atoms with E-state index in [1.807, 2.05) is 66.7 Å². The number of benzene rings is 7. The summed E-state index contributed by atoms with van der Waals surface area (Å²) in [5.74, 6) is 2.82. The highest BCUT2D eigenvalue weighted by atomic mass is 16.3. The molecule has 0 radical (unpaired) electrons. The standard InChI is InChI=1S/C46H30N4O/c1-4-14-29(15-5-1)42-43-41(38-26-32-20-10-11-21-33(32)27-40(38)51-43)39(28-47-42)36-24-25-37(35-23-13-12-22-34(35)36)46-49-44(30-16-6-2-7-17-30)48-45(50-46)31-18-8-3-9-19-31/h1-28,42,47H. The maximum Gasteiger partial charge on any atom is 0.164 e. The molecule has 5 heteroatoms. The number of nitrogens with one attached hydrogen (secondary N) is 1. The van der Waals surface area contributed by atoms with Gasteiger partial charge in [-0.1, -0.05) is 146 Å². The van der Waals surface area contributed by atoms with Crippen LogP contribution in [-0.4, -0.2) is 15.0 Å². The van der Waals surface area contributed by atoms with Gasteiger partial charge in [0.2, 0.25) is 0 Å². The maximum absolute atomic E-state index is 6.80. The van der Waals surface area contributed by atoms with Crippen molar-refractivity contribution < 1.29 is 4.42 Å². The molecule has 3 heterocycles. The van der Waals surface area contributed by atoms with Crippen molar-refractivity contribution in [2.24, 2.45) is 0 Å². The highest BCUT2D eigenvalue weighted by molar-refractivity contribution is 6.09. The first kappa shape index (κ1) is 29.1. The third-order valence-corrected chi connectivity index (χ3v) is 9.80. The Morgan fingerprint density at radius 1 is 0.471 bits per heavy atom. The summed E-state index contributed by atoms with van der Waals surface area (Å²) in [6.45, 7) is 0. The molecule has 10 rings (SSSR count). The topological polar surface area (TPSA) is 63.8 Å². The third kappa shape index (κ3) is 4.98. The predicted octanol–water partition coefficient (Wildman–Crippen LogP) is 11.0. The Kier molecular flexibility index (Phi) is 6.81. The van der Waals surface area contributed by atoms with E-state index in [9.17, 15) is 0 Å². The van der Waals surface area contributed by atoms with Gasteiger partial charge in [-0.15, -0.1) is 0 Å². The van der Waals surface area contributed by atoms with Gasteiger partial charge < -0.3 is 9.73 Å². The molecule has 240 valence electrons. The molecule has 0 amide bonds. The number of nitrogens with zero attached hydrogens (tertiary/aromatic N) is 3. The number of furan rings is 1. The molecule has 7 aromatic carbocycles. The van der Waals surface area contributed by atoms with Gasteiger partial charge in [-0.25, -0.2) is 15.0 Å². The molecule has 0 spiro atoms. The smallest absolute Gasteiger partial charge is 0.164 e.